The summed E-state index contributed by atoms with van der Waals surface area (Å²) in [6.45, 7) is 2.96. The first-order chi connectivity index (χ1) is 15.9. The minimum Gasteiger partial charge on any atom is -0.379 e. The number of halogens is 1. The number of rotatable bonds is 5. The van der Waals surface area contributed by atoms with E-state index in [0.717, 1.165) is 0 Å². The number of ether oxygens (including phenoxy) is 2. The fourth-order valence-electron chi connectivity index (χ4n) is 3.68. The van der Waals surface area contributed by atoms with Crippen molar-refractivity contribution in [1.29, 1.82) is 0 Å². The summed E-state index contributed by atoms with van der Waals surface area (Å²) in [4.78, 5) is 27.7. The van der Waals surface area contributed by atoms with Gasteiger partial charge < -0.3 is 19.7 Å². The molecule has 0 radical (unpaired) electrons. The molecule has 4 rings (SSSR count). The predicted octanol–water partition coefficient (Wildman–Crippen LogP) is 2.09. The number of benzene rings is 2. The third kappa shape index (κ3) is 5.20. The molecule has 2 heterocycles. The zero-order chi connectivity index (χ0) is 23.4. The predicted molar refractivity (Wildman–Crippen MR) is 122 cm³/mol. The summed E-state index contributed by atoms with van der Waals surface area (Å²) in [7, 11) is -3.80. The lowest BCUT2D eigenvalue weighted by molar-refractivity contribution is 0.0303. The Bertz CT molecular complexity index is 1140. The second-order valence-corrected chi connectivity index (χ2v) is 9.91. The summed E-state index contributed by atoms with van der Waals surface area (Å²) in [5, 5.41) is 2.82. The zero-order valence-electron chi connectivity index (χ0n) is 17.8. The third-order valence-corrected chi connectivity index (χ3v) is 7.72. The number of nitrogens with one attached hydrogen (secondary N) is 1. The first kappa shape index (κ1) is 23.7. The largest absolute Gasteiger partial charge is 0.379 e. The van der Waals surface area contributed by atoms with E-state index < -0.39 is 15.9 Å². The lowest BCUT2D eigenvalue weighted by Gasteiger charge is -2.27. The van der Waals surface area contributed by atoms with Crippen LogP contribution in [-0.2, 0) is 19.5 Å². The summed E-state index contributed by atoms with van der Waals surface area (Å²) in [6, 6.07) is 10.7. The quantitative estimate of drug-likeness (QED) is 0.683. The van der Waals surface area contributed by atoms with Gasteiger partial charge in [-0.05, 0) is 30.3 Å². The zero-order valence-corrected chi connectivity index (χ0v) is 19.4. The average molecular weight is 494 g/mol. The van der Waals surface area contributed by atoms with Crippen molar-refractivity contribution in [2.45, 2.75) is 4.90 Å². The summed E-state index contributed by atoms with van der Waals surface area (Å²) < 4.78 is 37.8. The number of amides is 2. The molecule has 2 aromatic carbocycles. The van der Waals surface area contributed by atoms with Gasteiger partial charge in [-0.2, -0.15) is 4.31 Å². The van der Waals surface area contributed by atoms with E-state index in [0.29, 0.717) is 50.8 Å². The van der Waals surface area contributed by atoms with Gasteiger partial charge in [-0.15, -0.1) is 0 Å². The molecule has 33 heavy (non-hydrogen) atoms. The van der Waals surface area contributed by atoms with Crippen molar-refractivity contribution >= 4 is 39.1 Å². The maximum Gasteiger partial charge on any atom is 0.257 e. The van der Waals surface area contributed by atoms with Crippen LogP contribution in [0.15, 0.2) is 47.4 Å². The number of carbonyl (C=O) groups excluding carboxylic acids is 2. The van der Waals surface area contributed by atoms with Crippen molar-refractivity contribution in [2.24, 2.45) is 0 Å². The van der Waals surface area contributed by atoms with Gasteiger partial charge in [0, 0.05) is 26.2 Å². The van der Waals surface area contributed by atoms with Crippen LogP contribution in [-0.4, -0.2) is 82.0 Å². The van der Waals surface area contributed by atoms with Crippen molar-refractivity contribution in [3.05, 3.63) is 58.6 Å². The molecule has 2 fully saturated rings. The minimum atomic E-state index is -3.80. The number of hydrogen-bond acceptors (Lipinski definition) is 6. The molecule has 0 unspecified atom stereocenters. The van der Waals surface area contributed by atoms with Crippen LogP contribution in [0.25, 0.3) is 0 Å². The van der Waals surface area contributed by atoms with Crippen molar-refractivity contribution in [3.63, 3.8) is 0 Å². The minimum absolute atomic E-state index is 0.000347. The van der Waals surface area contributed by atoms with E-state index in [9.17, 15) is 18.0 Å². The van der Waals surface area contributed by atoms with Crippen LogP contribution in [0.1, 0.15) is 20.7 Å². The summed E-state index contributed by atoms with van der Waals surface area (Å²) in [5.41, 5.74) is 0.650. The van der Waals surface area contributed by atoms with E-state index in [-0.39, 0.29) is 34.5 Å². The first-order valence-corrected chi connectivity index (χ1v) is 12.3. The molecular weight excluding hydrogens is 470 g/mol. The van der Waals surface area contributed by atoms with Gasteiger partial charge in [-0.3, -0.25) is 9.59 Å². The lowest BCUT2D eigenvalue weighted by atomic mass is 10.1. The van der Waals surface area contributed by atoms with Crippen molar-refractivity contribution < 1.29 is 27.5 Å². The molecule has 176 valence electrons. The lowest BCUT2D eigenvalue weighted by Crippen LogP contribution is -2.41. The summed E-state index contributed by atoms with van der Waals surface area (Å²) >= 11 is 6.24. The molecule has 1 N–H and O–H groups in total. The van der Waals surface area contributed by atoms with Gasteiger partial charge in [-0.1, -0.05) is 23.7 Å². The van der Waals surface area contributed by atoms with E-state index in [1.165, 1.54) is 22.5 Å². The number of sulfonamides is 1. The average Bonchev–Trinajstić information content (AvgIpc) is 2.85. The molecule has 0 aliphatic carbocycles. The Morgan fingerprint density at radius 1 is 0.879 bits per heavy atom. The molecule has 9 nitrogen and oxygen atoms in total. The molecule has 2 amide bonds. The number of para-hydroxylation sites is 1. The van der Waals surface area contributed by atoms with Gasteiger partial charge >= 0.3 is 0 Å². The molecule has 2 aliphatic heterocycles. The number of carbonyl (C=O) groups is 2. The van der Waals surface area contributed by atoms with Crippen LogP contribution in [0.4, 0.5) is 5.69 Å². The first-order valence-electron chi connectivity index (χ1n) is 10.5. The van der Waals surface area contributed by atoms with Crippen LogP contribution >= 0.6 is 11.6 Å². The van der Waals surface area contributed by atoms with Crippen molar-refractivity contribution in [3.8, 4) is 0 Å². The van der Waals surface area contributed by atoms with Crippen molar-refractivity contribution in [1.82, 2.24) is 9.21 Å². The normalized spacial score (nSPS) is 17.5. The van der Waals surface area contributed by atoms with E-state index in [1.54, 1.807) is 29.2 Å². The van der Waals surface area contributed by atoms with Crippen LogP contribution in [0.5, 0.6) is 0 Å². The highest BCUT2D eigenvalue weighted by Gasteiger charge is 2.28. The third-order valence-electron chi connectivity index (χ3n) is 5.49. The van der Waals surface area contributed by atoms with Gasteiger partial charge in [0.25, 0.3) is 11.8 Å². The van der Waals surface area contributed by atoms with Crippen LogP contribution in [0.3, 0.4) is 0 Å². The summed E-state index contributed by atoms with van der Waals surface area (Å²) in [6.07, 6.45) is 0. The standard InChI is InChI=1S/C22H24ClN3O6S/c23-19-6-5-16(33(29,30)26-9-13-32-14-10-26)15-18(19)21(27)24-20-4-2-1-3-17(20)22(28)25-7-11-31-12-8-25/h1-6,15H,7-14H2,(H,24,27). The summed E-state index contributed by atoms with van der Waals surface area (Å²) in [5.74, 6) is -0.829. The molecule has 2 aliphatic rings. The maximum atomic E-state index is 13.1. The maximum absolute atomic E-state index is 13.1. The number of nitrogens with zero attached hydrogens (tertiary/aromatic N) is 2. The highest BCUT2D eigenvalue weighted by Crippen LogP contribution is 2.26. The smallest absolute Gasteiger partial charge is 0.257 e. The number of morpholine rings is 2. The van der Waals surface area contributed by atoms with Crippen LogP contribution < -0.4 is 5.32 Å². The molecule has 11 heteroatoms. The SMILES string of the molecule is O=C(Nc1ccccc1C(=O)N1CCOCC1)c1cc(S(=O)(=O)N2CCOCC2)ccc1Cl. The van der Waals surface area contributed by atoms with E-state index in [2.05, 4.69) is 5.32 Å². The van der Waals surface area contributed by atoms with Gasteiger partial charge in [0.1, 0.15) is 0 Å². The fourth-order valence-corrected chi connectivity index (χ4v) is 5.32. The highest BCUT2D eigenvalue weighted by molar-refractivity contribution is 7.89. The second-order valence-electron chi connectivity index (χ2n) is 7.56. The Kier molecular flexibility index (Phi) is 7.30. The van der Waals surface area contributed by atoms with E-state index >= 15 is 0 Å². The van der Waals surface area contributed by atoms with Crippen LogP contribution in [0, 0.1) is 0 Å². The molecule has 0 bridgehead atoms. The molecule has 2 saturated heterocycles. The molecule has 0 atom stereocenters. The number of anilines is 1. The van der Waals surface area contributed by atoms with Gasteiger partial charge in [0.2, 0.25) is 10.0 Å². The fraction of sp³-hybridized carbons (Fsp3) is 0.364. The molecule has 0 aromatic heterocycles. The Hall–Kier alpha value is -2.50. The Morgan fingerprint density at radius 3 is 2.21 bits per heavy atom. The Balaban J connectivity index is 1.58. The van der Waals surface area contributed by atoms with Gasteiger partial charge in [-0.25, -0.2) is 8.42 Å². The van der Waals surface area contributed by atoms with Crippen molar-refractivity contribution in [2.75, 3.05) is 57.9 Å². The van der Waals surface area contributed by atoms with Gasteiger partial charge in [0.15, 0.2) is 0 Å². The van der Waals surface area contributed by atoms with Gasteiger partial charge in [0.05, 0.1) is 53.2 Å². The van der Waals surface area contributed by atoms with Crippen LogP contribution in [0.2, 0.25) is 5.02 Å². The van der Waals surface area contributed by atoms with E-state index in [1.807, 2.05) is 0 Å². The molecule has 2 aromatic rings. The Morgan fingerprint density at radius 2 is 1.52 bits per heavy atom. The molecule has 0 saturated carbocycles. The second kappa shape index (κ2) is 10.2. The molecular formula is C22H24ClN3O6S. The van der Waals surface area contributed by atoms with E-state index in [4.69, 9.17) is 21.1 Å². The molecule has 0 spiro atoms. The monoisotopic (exact) mass is 493 g/mol. The highest BCUT2D eigenvalue weighted by atomic mass is 35.5. The Labute approximate surface area is 197 Å². The topological polar surface area (TPSA) is 105 Å². The number of hydrogen-bond donors (Lipinski definition) is 1.